The third kappa shape index (κ3) is 2.95. The Kier molecular flexibility index (Phi) is 3.87. The number of hydrogen-bond donors (Lipinski definition) is 1. The van der Waals surface area contributed by atoms with Crippen molar-refractivity contribution in [2.45, 2.75) is 19.3 Å². The van der Waals surface area contributed by atoms with Crippen LogP contribution in [0.2, 0.25) is 0 Å². The normalized spacial score (nSPS) is 23.6. The lowest BCUT2D eigenvalue weighted by molar-refractivity contribution is -0.120. The van der Waals surface area contributed by atoms with Crippen molar-refractivity contribution in [3.63, 3.8) is 0 Å². The Labute approximate surface area is 145 Å². The number of imide groups is 1. The van der Waals surface area contributed by atoms with Crippen LogP contribution in [0.25, 0.3) is 0 Å². The van der Waals surface area contributed by atoms with E-state index in [0.717, 1.165) is 39.0 Å². The van der Waals surface area contributed by atoms with E-state index in [1.807, 2.05) is 4.90 Å². The van der Waals surface area contributed by atoms with Gasteiger partial charge in [0.2, 0.25) is 5.91 Å². The molecule has 3 fully saturated rings. The molecule has 134 valence electrons. The molecule has 3 aliphatic heterocycles. The molecule has 1 aromatic heterocycles. The fourth-order valence-electron chi connectivity index (χ4n) is 4.22. The van der Waals surface area contributed by atoms with Crippen LogP contribution >= 0.6 is 0 Å². The number of hydrogen-bond acceptors (Lipinski definition) is 5. The van der Waals surface area contributed by atoms with E-state index < -0.39 is 11.8 Å². The van der Waals surface area contributed by atoms with Crippen molar-refractivity contribution < 1.29 is 14.0 Å². The van der Waals surface area contributed by atoms with Gasteiger partial charge in [0.25, 0.3) is 0 Å². The molecule has 7 nitrogen and oxygen atoms in total. The Bertz CT molecular complexity index is 709. The average molecular weight is 347 g/mol. The number of anilines is 2. The van der Waals surface area contributed by atoms with Gasteiger partial charge < -0.3 is 9.80 Å². The zero-order chi connectivity index (χ0) is 17.6. The van der Waals surface area contributed by atoms with E-state index in [1.165, 1.54) is 17.2 Å². The van der Waals surface area contributed by atoms with E-state index in [0.29, 0.717) is 16.9 Å². The summed E-state index contributed by atoms with van der Waals surface area (Å²) < 4.78 is 14.6. The zero-order valence-electron chi connectivity index (χ0n) is 14.3. The quantitative estimate of drug-likeness (QED) is 0.871. The minimum Gasteiger partial charge on any atom is -0.354 e. The molecule has 1 aromatic rings. The molecule has 8 heteroatoms. The first-order valence-electron chi connectivity index (χ1n) is 8.66. The lowest BCUT2D eigenvalue weighted by atomic mass is 9.72. The molecule has 0 radical (unpaired) electrons. The van der Waals surface area contributed by atoms with Crippen molar-refractivity contribution in [2.75, 3.05) is 49.6 Å². The van der Waals surface area contributed by atoms with E-state index in [-0.39, 0.29) is 18.9 Å². The number of amides is 3. The summed E-state index contributed by atoms with van der Waals surface area (Å²) in [4.78, 5) is 33.0. The Morgan fingerprint density at radius 3 is 2.52 bits per heavy atom. The number of pyridine rings is 1. The lowest BCUT2D eigenvalue weighted by Crippen LogP contribution is -2.58. The molecule has 25 heavy (non-hydrogen) atoms. The number of piperidine rings is 1. The van der Waals surface area contributed by atoms with Crippen molar-refractivity contribution in [3.8, 4) is 0 Å². The highest BCUT2D eigenvalue weighted by molar-refractivity contribution is 6.05. The molecule has 3 aliphatic rings. The van der Waals surface area contributed by atoms with Gasteiger partial charge in [0.05, 0.1) is 11.9 Å². The van der Waals surface area contributed by atoms with Crippen LogP contribution in [0.15, 0.2) is 12.3 Å². The van der Waals surface area contributed by atoms with Crippen molar-refractivity contribution in [2.24, 2.45) is 5.41 Å². The topological polar surface area (TPSA) is 68.8 Å². The van der Waals surface area contributed by atoms with Crippen molar-refractivity contribution in [1.29, 1.82) is 0 Å². The number of nitrogens with zero attached hydrogens (tertiary/aromatic N) is 4. The fraction of sp³-hybridized carbons (Fsp3) is 0.588. The minimum absolute atomic E-state index is 0.206. The van der Waals surface area contributed by atoms with Gasteiger partial charge in [0, 0.05) is 45.2 Å². The van der Waals surface area contributed by atoms with Gasteiger partial charge in [-0.05, 0) is 25.3 Å². The van der Waals surface area contributed by atoms with Gasteiger partial charge in [-0.15, -0.1) is 0 Å². The highest BCUT2D eigenvalue weighted by Crippen LogP contribution is 2.40. The van der Waals surface area contributed by atoms with Crippen molar-refractivity contribution in [1.82, 2.24) is 15.2 Å². The van der Waals surface area contributed by atoms with Crippen LogP contribution in [-0.2, 0) is 4.79 Å². The molecule has 0 atom stereocenters. The Morgan fingerprint density at radius 1 is 1.20 bits per heavy atom. The molecule has 1 spiro atoms. The molecule has 1 N–H and O–H groups in total. The second kappa shape index (κ2) is 5.94. The molecule has 0 aliphatic carbocycles. The molecular weight excluding hydrogens is 325 g/mol. The molecule has 4 heterocycles. The van der Waals surface area contributed by atoms with E-state index >= 15 is 0 Å². The molecular formula is C17H22FN5O2. The van der Waals surface area contributed by atoms with Crippen molar-refractivity contribution >= 4 is 23.4 Å². The predicted octanol–water partition coefficient (Wildman–Crippen LogP) is 1.20. The van der Waals surface area contributed by atoms with Crippen LogP contribution in [0.5, 0.6) is 0 Å². The minimum atomic E-state index is -0.529. The first kappa shape index (κ1) is 16.3. The summed E-state index contributed by atoms with van der Waals surface area (Å²) in [5.74, 6) is -0.390. The number of nitrogens with one attached hydrogen (secondary N) is 1. The first-order chi connectivity index (χ1) is 12.0. The van der Waals surface area contributed by atoms with Crippen molar-refractivity contribution in [3.05, 3.63) is 18.1 Å². The number of rotatable bonds is 2. The van der Waals surface area contributed by atoms with E-state index in [2.05, 4.69) is 22.2 Å². The second-order valence-corrected chi connectivity index (χ2v) is 7.41. The number of halogens is 1. The van der Waals surface area contributed by atoms with Crippen LogP contribution in [0.1, 0.15) is 19.3 Å². The van der Waals surface area contributed by atoms with Gasteiger partial charge in [-0.1, -0.05) is 0 Å². The van der Waals surface area contributed by atoms with Gasteiger partial charge in [-0.2, -0.15) is 0 Å². The molecule has 3 amide bonds. The number of likely N-dealkylation sites (tertiary alicyclic amines) is 1. The van der Waals surface area contributed by atoms with E-state index in [1.54, 1.807) is 0 Å². The second-order valence-electron chi connectivity index (χ2n) is 7.41. The van der Waals surface area contributed by atoms with Gasteiger partial charge in [0.1, 0.15) is 0 Å². The van der Waals surface area contributed by atoms with Crippen LogP contribution in [0.4, 0.5) is 20.7 Å². The van der Waals surface area contributed by atoms with Gasteiger partial charge in [-0.25, -0.2) is 14.2 Å². The van der Waals surface area contributed by atoms with Crippen LogP contribution < -0.4 is 15.1 Å². The lowest BCUT2D eigenvalue weighted by Gasteiger charge is -2.53. The average Bonchev–Trinajstić information content (AvgIpc) is 2.54. The molecule has 3 saturated heterocycles. The number of carbonyl (C=O) groups is 2. The first-order valence-corrected chi connectivity index (χ1v) is 8.66. The maximum atomic E-state index is 14.6. The monoisotopic (exact) mass is 347 g/mol. The van der Waals surface area contributed by atoms with Crippen LogP contribution in [-0.4, -0.2) is 61.6 Å². The predicted molar refractivity (Wildman–Crippen MR) is 91.1 cm³/mol. The summed E-state index contributed by atoms with van der Waals surface area (Å²) >= 11 is 0. The summed E-state index contributed by atoms with van der Waals surface area (Å²) in [6, 6.07) is 0.804. The summed E-state index contributed by atoms with van der Waals surface area (Å²) in [6.45, 7) is 4.09. The number of carbonyl (C=O) groups excluding carboxylic acids is 2. The standard InChI is InChI=1S/C17H22FN5O2/c1-21-10-17(11-21)3-6-22(7-4-17)15-13(18)8-12(9-19-15)23-5-2-14(24)20-16(23)25/h8-9H,2-7,10-11H2,1H3,(H,20,24,25). The smallest absolute Gasteiger partial charge is 0.328 e. The van der Waals surface area contributed by atoms with Gasteiger partial charge >= 0.3 is 6.03 Å². The van der Waals surface area contributed by atoms with Crippen LogP contribution in [0, 0.1) is 11.2 Å². The summed E-state index contributed by atoms with van der Waals surface area (Å²) in [7, 11) is 2.13. The SMILES string of the molecule is CN1CC2(CCN(c3ncc(N4CCC(=O)NC4=O)cc3F)CC2)C1. The highest BCUT2D eigenvalue weighted by atomic mass is 19.1. The fourth-order valence-corrected chi connectivity index (χ4v) is 4.22. The summed E-state index contributed by atoms with van der Waals surface area (Å²) in [6.07, 6.45) is 3.82. The van der Waals surface area contributed by atoms with E-state index in [4.69, 9.17) is 0 Å². The molecule has 0 saturated carbocycles. The van der Waals surface area contributed by atoms with Crippen LogP contribution in [0.3, 0.4) is 0 Å². The zero-order valence-corrected chi connectivity index (χ0v) is 14.3. The Hall–Kier alpha value is -2.22. The Morgan fingerprint density at radius 2 is 1.92 bits per heavy atom. The summed E-state index contributed by atoms with van der Waals surface area (Å²) in [5.41, 5.74) is 0.778. The van der Waals surface area contributed by atoms with Gasteiger partial charge in [-0.3, -0.25) is 15.0 Å². The van der Waals surface area contributed by atoms with E-state index in [9.17, 15) is 14.0 Å². The number of aromatic nitrogens is 1. The highest BCUT2D eigenvalue weighted by Gasteiger charge is 2.43. The largest absolute Gasteiger partial charge is 0.354 e. The maximum Gasteiger partial charge on any atom is 0.328 e. The maximum absolute atomic E-state index is 14.6. The Balaban J connectivity index is 1.45. The van der Waals surface area contributed by atoms with Gasteiger partial charge in [0.15, 0.2) is 11.6 Å². The molecule has 0 unspecified atom stereocenters. The molecule has 0 aromatic carbocycles. The number of urea groups is 1. The molecule has 0 bridgehead atoms. The summed E-state index contributed by atoms with van der Waals surface area (Å²) in [5, 5.41) is 2.23. The third-order valence-electron chi connectivity index (χ3n) is 5.51. The molecule has 4 rings (SSSR count). The third-order valence-corrected chi connectivity index (χ3v) is 5.51.